The second kappa shape index (κ2) is 7.22. The monoisotopic (exact) mass is 384 g/mol. The molecule has 0 N–H and O–H groups in total. The van der Waals surface area contributed by atoms with Gasteiger partial charge in [0, 0.05) is 12.1 Å². The molecule has 0 bridgehead atoms. The van der Waals surface area contributed by atoms with E-state index in [0.29, 0.717) is 24.0 Å². The van der Waals surface area contributed by atoms with Crippen LogP contribution >= 0.6 is 23.1 Å². The topological polar surface area (TPSA) is 95.0 Å². The first-order valence-corrected chi connectivity index (χ1v) is 9.50. The fourth-order valence-electron chi connectivity index (χ4n) is 2.36. The van der Waals surface area contributed by atoms with E-state index < -0.39 is 4.92 Å². The normalized spacial score (nSPS) is 11.1. The van der Waals surface area contributed by atoms with Crippen LogP contribution in [0.15, 0.2) is 57.3 Å². The van der Waals surface area contributed by atoms with Crippen molar-refractivity contribution < 1.29 is 9.34 Å². The molecular weight excluding hydrogens is 372 g/mol. The van der Waals surface area contributed by atoms with Gasteiger partial charge in [0.1, 0.15) is 0 Å². The van der Waals surface area contributed by atoms with Gasteiger partial charge in [-0.3, -0.25) is 10.1 Å². The van der Waals surface area contributed by atoms with Crippen molar-refractivity contribution in [1.82, 2.24) is 15.2 Å². The van der Waals surface area contributed by atoms with Crippen molar-refractivity contribution in [3.8, 4) is 0 Å². The predicted octanol–water partition coefficient (Wildman–Crippen LogP) is 4.47. The quantitative estimate of drug-likeness (QED) is 0.275. The summed E-state index contributed by atoms with van der Waals surface area (Å²) in [6, 6.07) is 14.3. The Morgan fingerprint density at radius 1 is 1.08 bits per heavy atom. The smallest absolute Gasteiger partial charge is 0.269 e. The first kappa shape index (κ1) is 16.7. The van der Waals surface area contributed by atoms with Crippen molar-refractivity contribution in [3.63, 3.8) is 0 Å². The highest BCUT2D eigenvalue weighted by atomic mass is 32.2. The van der Waals surface area contributed by atoms with Crippen LogP contribution in [-0.4, -0.2) is 20.1 Å². The van der Waals surface area contributed by atoms with E-state index in [9.17, 15) is 10.1 Å². The van der Waals surface area contributed by atoms with E-state index in [1.165, 1.54) is 12.1 Å². The molecule has 0 radical (unpaired) electrons. The van der Waals surface area contributed by atoms with Crippen molar-refractivity contribution in [3.05, 3.63) is 76.0 Å². The minimum Gasteiger partial charge on any atom is -0.424 e. The SMILES string of the molecule is O=[N+]([O-])c1ccc(Cc2nnc(CSc3nc4ccccc4s3)o2)cc1. The van der Waals surface area contributed by atoms with Gasteiger partial charge in [-0.2, -0.15) is 0 Å². The van der Waals surface area contributed by atoms with Crippen LogP contribution in [0.25, 0.3) is 10.2 Å². The van der Waals surface area contributed by atoms with Crippen LogP contribution in [0.5, 0.6) is 0 Å². The second-order valence-electron chi connectivity index (χ2n) is 5.43. The Labute approximate surface area is 156 Å². The van der Waals surface area contributed by atoms with Gasteiger partial charge in [-0.1, -0.05) is 36.0 Å². The Balaban J connectivity index is 1.38. The molecule has 7 nitrogen and oxygen atoms in total. The number of para-hydroxylation sites is 1. The van der Waals surface area contributed by atoms with Crippen LogP contribution in [0, 0.1) is 10.1 Å². The van der Waals surface area contributed by atoms with E-state index in [1.807, 2.05) is 24.3 Å². The van der Waals surface area contributed by atoms with Crippen molar-refractivity contribution in [2.45, 2.75) is 16.5 Å². The number of thiazole rings is 1. The number of benzene rings is 2. The van der Waals surface area contributed by atoms with Crippen LogP contribution in [0.1, 0.15) is 17.3 Å². The summed E-state index contributed by atoms with van der Waals surface area (Å²) in [5.41, 5.74) is 1.93. The Kier molecular flexibility index (Phi) is 4.63. The van der Waals surface area contributed by atoms with Gasteiger partial charge < -0.3 is 4.42 Å². The number of nitrogens with zero attached hydrogens (tertiary/aromatic N) is 4. The van der Waals surface area contributed by atoms with E-state index >= 15 is 0 Å². The van der Waals surface area contributed by atoms with Gasteiger partial charge in [0.25, 0.3) is 5.69 Å². The van der Waals surface area contributed by atoms with Crippen molar-refractivity contribution >= 4 is 39.0 Å². The molecule has 0 unspecified atom stereocenters. The molecule has 9 heteroatoms. The molecule has 0 saturated heterocycles. The van der Waals surface area contributed by atoms with Crippen LogP contribution in [0.2, 0.25) is 0 Å². The summed E-state index contributed by atoms with van der Waals surface area (Å²) in [7, 11) is 0. The Hall–Kier alpha value is -2.78. The molecule has 0 aliphatic heterocycles. The molecule has 0 spiro atoms. The molecule has 0 fully saturated rings. The highest BCUT2D eigenvalue weighted by Gasteiger charge is 2.11. The number of non-ortho nitro benzene ring substituents is 1. The molecule has 2 heterocycles. The third-order valence-corrected chi connectivity index (χ3v) is 5.77. The molecule has 26 heavy (non-hydrogen) atoms. The molecule has 2 aromatic heterocycles. The van der Waals surface area contributed by atoms with Gasteiger partial charge in [0.2, 0.25) is 11.8 Å². The summed E-state index contributed by atoms with van der Waals surface area (Å²) in [5, 5.41) is 18.8. The highest BCUT2D eigenvalue weighted by Crippen LogP contribution is 2.31. The molecule has 0 amide bonds. The maximum Gasteiger partial charge on any atom is 0.269 e. The Morgan fingerprint density at radius 2 is 1.85 bits per heavy atom. The van der Waals surface area contributed by atoms with Crippen LogP contribution in [-0.2, 0) is 12.2 Å². The maximum absolute atomic E-state index is 10.7. The number of hydrogen-bond donors (Lipinski definition) is 0. The molecule has 4 rings (SSSR count). The first-order chi connectivity index (χ1) is 12.7. The van der Waals surface area contributed by atoms with Gasteiger partial charge >= 0.3 is 0 Å². The summed E-state index contributed by atoms with van der Waals surface area (Å²) in [6.45, 7) is 0. The highest BCUT2D eigenvalue weighted by molar-refractivity contribution is 8.00. The van der Waals surface area contributed by atoms with Crippen molar-refractivity contribution in [2.75, 3.05) is 0 Å². The van der Waals surface area contributed by atoms with Crippen molar-refractivity contribution in [1.29, 1.82) is 0 Å². The average Bonchev–Trinajstić information content (AvgIpc) is 3.26. The lowest BCUT2D eigenvalue weighted by molar-refractivity contribution is -0.384. The van der Waals surface area contributed by atoms with Gasteiger partial charge in [0.05, 0.1) is 27.3 Å². The summed E-state index contributed by atoms with van der Waals surface area (Å²) >= 11 is 3.20. The number of aromatic nitrogens is 3. The summed E-state index contributed by atoms with van der Waals surface area (Å²) in [4.78, 5) is 14.8. The molecule has 0 aliphatic rings. The Morgan fingerprint density at radius 3 is 2.62 bits per heavy atom. The zero-order chi connectivity index (χ0) is 17.9. The van der Waals surface area contributed by atoms with Gasteiger partial charge in [-0.25, -0.2) is 4.98 Å². The molecule has 0 saturated carbocycles. The molecule has 0 atom stereocenters. The summed E-state index contributed by atoms with van der Waals surface area (Å²) < 4.78 is 7.77. The lowest BCUT2D eigenvalue weighted by Crippen LogP contribution is -1.91. The van der Waals surface area contributed by atoms with Gasteiger partial charge in [-0.05, 0) is 17.7 Å². The lowest BCUT2D eigenvalue weighted by atomic mass is 10.1. The molecule has 130 valence electrons. The number of rotatable bonds is 6. The third kappa shape index (κ3) is 3.73. The summed E-state index contributed by atoms with van der Waals surface area (Å²) in [6.07, 6.45) is 0.441. The fourth-order valence-corrected chi connectivity index (χ4v) is 4.27. The third-order valence-electron chi connectivity index (χ3n) is 3.60. The Bertz CT molecular complexity index is 1030. The number of hydrogen-bond acceptors (Lipinski definition) is 8. The van der Waals surface area contributed by atoms with Crippen molar-refractivity contribution in [2.24, 2.45) is 0 Å². The van der Waals surface area contributed by atoms with E-state index in [2.05, 4.69) is 15.2 Å². The maximum atomic E-state index is 10.7. The van der Waals surface area contributed by atoms with E-state index in [1.54, 1.807) is 35.2 Å². The molecule has 0 aliphatic carbocycles. The van der Waals surface area contributed by atoms with Crippen LogP contribution in [0.4, 0.5) is 5.69 Å². The number of fused-ring (bicyclic) bond motifs is 1. The minimum atomic E-state index is -0.423. The zero-order valence-electron chi connectivity index (χ0n) is 13.4. The fraction of sp³-hybridized carbons (Fsp3) is 0.118. The minimum absolute atomic E-state index is 0.0622. The van der Waals surface area contributed by atoms with E-state index in [0.717, 1.165) is 20.1 Å². The number of thioether (sulfide) groups is 1. The predicted molar refractivity (Wildman–Crippen MR) is 99.4 cm³/mol. The van der Waals surface area contributed by atoms with Gasteiger partial charge in [-0.15, -0.1) is 21.5 Å². The lowest BCUT2D eigenvalue weighted by Gasteiger charge is -1.96. The van der Waals surface area contributed by atoms with Gasteiger partial charge in [0.15, 0.2) is 4.34 Å². The molecular formula is C17H12N4O3S2. The van der Waals surface area contributed by atoms with Crippen LogP contribution < -0.4 is 0 Å². The average molecular weight is 384 g/mol. The summed E-state index contributed by atoms with van der Waals surface area (Å²) in [5.74, 6) is 1.57. The molecule has 4 aromatic rings. The number of nitro benzene ring substituents is 1. The first-order valence-electron chi connectivity index (χ1n) is 7.70. The number of nitro groups is 1. The standard InChI is InChI=1S/C17H12N4O3S2/c22-21(23)12-7-5-11(6-8-12)9-15-19-20-16(24-15)10-25-17-18-13-3-1-2-4-14(13)26-17/h1-8H,9-10H2. The zero-order valence-corrected chi connectivity index (χ0v) is 15.0. The van der Waals surface area contributed by atoms with Crippen LogP contribution in [0.3, 0.4) is 0 Å². The second-order valence-corrected chi connectivity index (χ2v) is 7.68. The molecule has 2 aromatic carbocycles. The van der Waals surface area contributed by atoms with E-state index in [4.69, 9.17) is 4.42 Å². The van der Waals surface area contributed by atoms with E-state index in [-0.39, 0.29) is 5.69 Å². The largest absolute Gasteiger partial charge is 0.424 e.